The first-order valence-electron chi connectivity index (χ1n) is 9.39. The Bertz CT molecular complexity index is 867. The van der Waals surface area contributed by atoms with Crippen LogP contribution in [-0.2, 0) is 0 Å². The van der Waals surface area contributed by atoms with Crippen molar-refractivity contribution in [3.8, 4) is 11.8 Å². The maximum absolute atomic E-state index is 11.8. The molecule has 0 aliphatic rings. The third-order valence-electron chi connectivity index (χ3n) is 3.89. The van der Waals surface area contributed by atoms with Crippen LogP contribution in [0.2, 0.25) is 0 Å². The number of urea groups is 1. The van der Waals surface area contributed by atoms with Crippen LogP contribution in [-0.4, -0.2) is 25.7 Å². The summed E-state index contributed by atoms with van der Waals surface area (Å²) in [5, 5.41) is 18.5. The van der Waals surface area contributed by atoms with Crippen molar-refractivity contribution in [2.75, 3.05) is 30.3 Å². The van der Waals surface area contributed by atoms with Gasteiger partial charge < -0.3 is 20.7 Å². The van der Waals surface area contributed by atoms with Crippen molar-refractivity contribution in [1.29, 1.82) is 5.26 Å². The molecule has 2 aromatic rings. The second-order valence-corrected chi connectivity index (χ2v) is 5.95. The van der Waals surface area contributed by atoms with Crippen LogP contribution in [0.5, 0.6) is 5.75 Å². The summed E-state index contributed by atoms with van der Waals surface area (Å²) in [7, 11) is 0. The Morgan fingerprint density at radius 2 is 1.86 bits per heavy atom. The van der Waals surface area contributed by atoms with Crippen molar-refractivity contribution in [3.63, 3.8) is 0 Å². The van der Waals surface area contributed by atoms with Crippen molar-refractivity contribution in [2.45, 2.75) is 20.8 Å². The molecule has 2 aromatic carbocycles. The molecule has 3 N–H and O–H groups in total. The zero-order chi connectivity index (χ0) is 20.4. The summed E-state index contributed by atoms with van der Waals surface area (Å²) in [6.07, 6.45) is 1.84. The Balaban J connectivity index is 2.33. The van der Waals surface area contributed by atoms with Crippen LogP contribution in [0.15, 0.2) is 42.5 Å². The van der Waals surface area contributed by atoms with Gasteiger partial charge in [0.25, 0.3) is 0 Å². The van der Waals surface area contributed by atoms with Gasteiger partial charge in [-0.25, -0.2) is 4.79 Å². The smallest absolute Gasteiger partial charge is 0.319 e. The number of hydrogen-bond acceptors (Lipinski definition) is 4. The topological polar surface area (TPSA) is 86.2 Å². The minimum atomic E-state index is -0.261. The lowest BCUT2D eigenvalue weighted by molar-refractivity contribution is 0.252. The number of nitrogens with zero attached hydrogens (tertiary/aromatic N) is 1. The van der Waals surface area contributed by atoms with E-state index in [1.165, 1.54) is 0 Å². The van der Waals surface area contributed by atoms with Crippen LogP contribution < -0.4 is 20.7 Å². The molecule has 0 radical (unpaired) electrons. The molecule has 0 aliphatic heterocycles. The molecule has 2 amide bonds. The van der Waals surface area contributed by atoms with Crippen LogP contribution in [0.4, 0.5) is 16.2 Å². The van der Waals surface area contributed by atoms with Gasteiger partial charge in [0.2, 0.25) is 0 Å². The second kappa shape index (κ2) is 10.6. The third kappa shape index (κ3) is 5.78. The highest BCUT2D eigenvalue weighted by Gasteiger charge is 2.10. The molecule has 146 valence electrons. The average molecular weight is 378 g/mol. The summed E-state index contributed by atoms with van der Waals surface area (Å²) in [5.41, 5.74) is 3.66. The Morgan fingerprint density at radius 1 is 1.11 bits per heavy atom. The number of carbonyl (C=O) groups is 1. The molecule has 0 saturated carbocycles. The first kappa shape index (κ1) is 20.8. The molecule has 0 aromatic heterocycles. The minimum Gasteiger partial charge on any atom is -0.494 e. The molecule has 0 atom stereocenters. The second-order valence-electron chi connectivity index (χ2n) is 5.95. The quantitative estimate of drug-likeness (QED) is 0.458. The monoisotopic (exact) mass is 378 g/mol. The molecule has 2 rings (SSSR count). The number of rotatable bonds is 8. The normalized spacial score (nSPS) is 10.7. The van der Waals surface area contributed by atoms with Crippen molar-refractivity contribution in [2.24, 2.45) is 0 Å². The molecule has 0 aliphatic carbocycles. The van der Waals surface area contributed by atoms with Gasteiger partial charge in [0.05, 0.1) is 18.2 Å². The van der Waals surface area contributed by atoms with E-state index >= 15 is 0 Å². The van der Waals surface area contributed by atoms with Gasteiger partial charge in [-0.15, -0.1) is 0 Å². The molecule has 6 heteroatoms. The number of nitriles is 1. The zero-order valence-electron chi connectivity index (χ0n) is 16.5. The summed E-state index contributed by atoms with van der Waals surface area (Å²) in [4.78, 5) is 11.8. The van der Waals surface area contributed by atoms with Crippen LogP contribution in [0, 0.1) is 11.3 Å². The van der Waals surface area contributed by atoms with Crippen molar-refractivity contribution < 1.29 is 9.53 Å². The number of carbonyl (C=O) groups excluding carboxylic acids is 1. The van der Waals surface area contributed by atoms with Gasteiger partial charge in [-0.05, 0) is 62.7 Å². The van der Waals surface area contributed by atoms with E-state index in [0.29, 0.717) is 31.0 Å². The highest BCUT2D eigenvalue weighted by Crippen LogP contribution is 2.29. The van der Waals surface area contributed by atoms with Crippen molar-refractivity contribution in [3.05, 3.63) is 53.6 Å². The largest absolute Gasteiger partial charge is 0.494 e. The SMILES string of the molecule is CCNC(=O)Nc1ccc(/C(C#N)=C/c2ccc(OCC)cc2)c(NCC)c1. The average Bonchev–Trinajstić information content (AvgIpc) is 2.69. The van der Waals surface area contributed by atoms with E-state index in [9.17, 15) is 10.1 Å². The van der Waals surface area contributed by atoms with E-state index in [4.69, 9.17) is 4.74 Å². The van der Waals surface area contributed by atoms with Crippen molar-refractivity contribution >= 4 is 29.1 Å². The van der Waals surface area contributed by atoms with Gasteiger partial charge in [-0.2, -0.15) is 5.26 Å². The molecule has 0 unspecified atom stereocenters. The Kier molecular flexibility index (Phi) is 7.92. The van der Waals surface area contributed by atoms with E-state index in [2.05, 4.69) is 22.0 Å². The highest BCUT2D eigenvalue weighted by atomic mass is 16.5. The molecule has 0 bridgehead atoms. The fraction of sp³-hybridized carbons (Fsp3) is 0.273. The lowest BCUT2D eigenvalue weighted by Crippen LogP contribution is -2.28. The third-order valence-corrected chi connectivity index (χ3v) is 3.89. The first-order valence-corrected chi connectivity index (χ1v) is 9.39. The summed E-state index contributed by atoms with van der Waals surface area (Å²) in [6, 6.07) is 15.1. The predicted octanol–water partition coefficient (Wildman–Crippen LogP) is 4.72. The lowest BCUT2D eigenvalue weighted by Gasteiger charge is -2.13. The molecule has 0 spiro atoms. The number of nitrogens with one attached hydrogen (secondary N) is 3. The van der Waals surface area contributed by atoms with E-state index in [1.807, 2.05) is 63.2 Å². The summed E-state index contributed by atoms with van der Waals surface area (Å²) in [6.45, 7) is 7.63. The lowest BCUT2D eigenvalue weighted by atomic mass is 10.0. The summed E-state index contributed by atoms with van der Waals surface area (Å²) < 4.78 is 5.45. The number of amides is 2. The number of allylic oxidation sites excluding steroid dienone is 1. The van der Waals surface area contributed by atoms with Crippen molar-refractivity contribution in [1.82, 2.24) is 5.32 Å². The van der Waals surface area contributed by atoms with E-state index < -0.39 is 0 Å². The van der Waals surface area contributed by atoms with Gasteiger partial charge in [0.15, 0.2) is 0 Å². The number of ether oxygens (including phenoxy) is 1. The Hall–Kier alpha value is -3.46. The Labute approximate surface area is 166 Å². The van der Waals surface area contributed by atoms with Gasteiger partial charge in [-0.3, -0.25) is 0 Å². The molecular weight excluding hydrogens is 352 g/mol. The number of anilines is 2. The first-order chi connectivity index (χ1) is 13.6. The maximum atomic E-state index is 11.8. The van der Waals surface area contributed by atoms with Gasteiger partial charge >= 0.3 is 6.03 Å². The molecule has 28 heavy (non-hydrogen) atoms. The fourth-order valence-corrected chi connectivity index (χ4v) is 2.69. The van der Waals surface area contributed by atoms with E-state index in [0.717, 1.165) is 22.6 Å². The highest BCUT2D eigenvalue weighted by molar-refractivity contribution is 5.96. The molecule has 0 heterocycles. The van der Waals surface area contributed by atoms with E-state index in [-0.39, 0.29) is 6.03 Å². The fourth-order valence-electron chi connectivity index (χ4n) is 2.69. The maximum Gasteiger partial charge on any atom is 0.319 e. The standard InChI is InChI=1S/C22H26N4O2/c1-4-24-21-14-18(26-22(27)25-5-2)9-12-20(21)17(15-23)13-16-7-10-19(11-8-16)28-6-3/h7-14,24H,4-6H2,1-3H3,(H2,25,26,27)/b17-13+. The summed E-state index contributed by atoms with van der Waals surface area (Å²) in [5.74, 6) is 0.798. The molecular formula is C22H26N4O2. The van der Waals surface area contributed by atoms with Crippen LogP contribution >= 0.6 is 0 Å². The zero-order valence-corrected chi connectivity index (χ0v) is 16.5. The summed E-state index contributed by atoms with van der Waals surface area (Å²) >= 11 is 0. The van der Waals surface area contributed by atoms with Gasteiger partial charge in [-0.1, -0.05) is 12.1 Å². The minimum absolute atomic E-state index is 0.261. The van der Waals surface area contributed by atoms with Crippen LogP contribution in [0.1, 0.15) is 31.9 Å². The number of hydrogen-bond donors (Lipinski definition) is 3. The van der Waals surface area contributed by atoms with Gasteiger partial charge in [0, 0.05) is 30.0 Å². The molecule has 0 fully saturated rings. The van der Waals surface area contributed by atoms with Crippen LogP contribution in [0.3, 0.4) is 0 Å². The molecule has 0 saturated heterocycles. The molecule has 6 nitrogen and oxygen atoms in total. The van der Waals surface area contributed by atoms with Gasteiger partial charge in [0.1, 0.15) is 5.75 Å². The predicted molar refractivity (Wildman–Crippen MR) is 114 cm³/mol. The van der Waals surface area contributed by atoms with Crippen LogP contribution in [0.25, 0.3) is 11.6 Å². The number of benzene rings is 2. The van der Waals surface area contributed by atoms with E-state index in [1.54, 1.807) is 6.07 Å². The Morgan fingerprint density at radius 3 is 2.46 bits per heavy atom.